The number of hydrogen-bond donors (Lipinski definition) is 1. The molecule has 0 radical (unpaired) electrons. The van der Waals surface area contributed by atoms with Crippen LogP contribution in [0.2, 0.25) is 0 Å². The number of carbonyl (C=O) groups is 1. The van der Waals surface area contributed by atoms with Crippen LogP contribution in [0.5, 0.6) is 0 Å². The molecular weight excluding hydrogens is 326 g/mol. The zero-order valence-corrected chi connectivity index (χ0v) is 13.8. The number of benzene rings is 2. The molecule has 0 fully saturated rings. The molecule has 0 atom stereocenters. The van der Waals surface area contributed by atoms with E-state index in [1.807, 2.05) is 65.3 Å². The van der Waals surface area contributed by atoms with Gasteiger partial charge < -0.3 is 5.32 Å². The van der Waals surface area contributed by atoms with E-state index < -0.39 is 0 Å². The summed E-state index contributed by atoms with van der Waals surface area (Å²) < 4.78 is 1.88. The molecule has 2 heterocycles. The number of hydrogen-bond acceptors (Lipinski definition) is 4. The second kappa shape index (κ2) is 6.98. The lowest BCUT2D eigenvalue weighted by molar-refractivity contribution is 0.102. The van der Waals surface area contributed by atoms with Gasteiger partial charge in [0.15, 0.2) is 0 Å². The fourth-order valence-corrected chi connectivity index (χ4v) is 2.64. The summed E-state index contributed by atoms with van der Waals surface area (Å²) in [4.78, 5) is 19.9. The van der Waals surface area contributed by atoms with Gasteiger partial charge in [-0.15, -0.1) is 0 Å². The minimum absolute atomic E-state index is 0.269. The molecule has 0 spiro atoms. The summed E-state index contributed by atoms with van der Waals surface area (Å²) in [6, 6.07) is 21.1. The quantitative estimate of drug-likeness (QED) is 0.616. The molecule has 0 aliphatic carbocycles. The maximum atomic E-state index is 12.2. The second-order valence-corrected chi connectivity index (χ2v) is 5.59. The molecule has 4 rings (SSSR count). The van der Waals surface area contributed by atoms with Crippen LogP contribution < -0.4 is 5.32 Å². The molecule has 2 aromatic carbocycles. The van der Waals surface area contributed by atoms with Crippen LogP contribution in [0.15, 0.2) is 85.5 Å². The van der Waals surface area contributed by atoms with Crippen molar-refractivity contribution in [3.05, 3.63) is 91.1 Å². The Balaban J connectivity index is 1.56. The first kappa shape index (κ1) is 15.7. The number of amides is 1. The first-order valence-electron chi connectivity index (χ1n) is 8.08. The van der Waals surface area contributed by atoms with Crippen LogP contribution in [0.4, 0.5) is 5.69 Å². The topological polar surface area (TPSA) is 72.7 Å². The van der Waals surface area contributed by atoms with Gasteiger partial charge in [-0.05, 0) is 36.4 Å². The van der Waals surface area contributed by atoms with Crippen LogP contribution in [-0.2, 0) is 0 Å². The standard InChI is InChI=1S/C20H15N5O/c26-20(18-10-12-21-14-22-18)24-16-8-6-15(7-9-16)19-11-13-23-25(19)17-4-2-1-3-5-17/h1-14H,(H,24,26). The van der Waals surface area contributed by atoms with Crippen molar-refractivity contribution < 1.29 is 4.79 Å². The third-order valence-electron chi connectivity index (χ3n) is 3.90. The number of para-hydroxylation sites is 1. The summed E-state index contributed by atoms with van der Waals surface area (Å²) in [5, 5.41) is 7.23. The van der Waals surface area contributed by atoms with E-state index in [-0.39, 0.29) is 5.91 Å². The Kier molecular flexibility index (Phi) is 4.22. The van der Waals surface area contributed by atoms with E-state index in [1.54, 1.807) is 12.3 Å². The van der Waals surface area contributed by atoms with Gasteiger partial charge in [-0.3, -0.25) is 4.79 Å². The Hall–Kier alpha value is -3.80. The van der Waals surface area contributed by atoms with Crippen molar-refractivity contribution in [1.82, 2.24) is 19.7 Å². The molecule has 126 valence electrons. The highest BCUT2D eigenvalue weighted by Crippen LogP contribution is 2.24. The third kappa shape index (κ3) is 3.21. The van der Waals surface area contributed by atoms with Crippen molar-refractivity contribution in [1.29, 1.82) is 0 Å². The molecule has 0 saturated heterocycles. The van der Waals surface area contributed by atoms with Crippen LogP contribution >= 0.6 is 0 Å². The molecule has 2 aromatic heterocycles. The number of rotatable bonds is 4. The van der Waals surface area contributed by atoms with Gasteiger partial charge >= 0.3 is 0 Å². The van der Waals surface area contributed by atoms with E-state index in [1.165, 1.54) is 12.5 Å². The lowest BCUT2D eigenvalue weighted by Gasteiger charge is -2.09. The van der Waals surface area contributed by atoms with Gasteiger partial charge in [0.25, 0.3) is 5.91 Å². The van der Waals surface area contributed by atoms with Crippen LogP contribution in [0.25, 0.3) is 16.9 Å². The number of aromatic nitrogens is 4. The summed E-state index contributed by atoms with van der Waals surface area (Å²) in [5.74, 6) is -0.269. The molecule has 4 aromatic rings. The summed E-state index contributed by atoms with van der Waals surface area (Å²) in [6.07, 6.45) is 4.66. The van der Waals surface area contributed by atoms with E-state index >= 15 is 0 Å². The van der Waals surface area contributed by atoms with Gasteiger partial charge in [-0.25, -0.2) is 14.6 Å². The van der Waals surface area contributed by atoms with E-state index in [9.17, 15) is 4.79 Å². The van der Waals surface area contributed by atoms with Crippen LogP contribution in [0.3, 0.4) is 0 Å². The van der Waals surface area contributed by atoms with Crippen molar-refractivity contribution >= 4 is 11.6 Å². The Morgan fingerprint density at radius 3 is 2.42 bits per heavy atom. The normalized spacial score (nSPS) is 10.5. The highest BCUT2D eigenvalue weighted by molar-refractivity contribution is 6.02. The monoisotopic (exact) mass is 341 g/mol. The number of nitrogens with zero attached hydrogens (tertiary/aromatic N) is 4. The van der Waals surface area contributed by atoms with Crippen molar-refractivity contribution in [2.45, 2.75) is 0 Å². The number of carbonyl (C=O) groups excluding carboxylic acids is 1. The first-order valence-corrected chi connectivity index (χ1v) is 8.08. The predicted molar refractivity (Wildman–Crippen MR) is 99.0 cm³/mol. The third-order valence-corrected chi connectivity index (χ3v) is 3.90. The zero-order valence-electron chi connectivity index (χ0n) is 13.8. The highest BCUT2D eigenvalue weighted by Gasteiger charge is 2.09. The fourth-order valence-electron chi connectivity index (χ4n) is 2.64. The Morgan fingerprint density at radius 2 is 1.69 bits per heavy atom. The Labute approximate surface area is 150 Å². The average molecular weight is 341 g/mol. The lowest BCUT2D eigenvalue weighted by Crippen LogP contribution is -2.13. The lowest BCUT2D eigenvalue weighted by atomic mass is 10.1. The molecule has 1 N–H and O–H groups in total. The van der Waals surface area contributed by atoms with E-state index in [4.69, 9.17) is 0 Å². The Morgan fingerprint density at radius 1 is 0.885 bits per heavy atom. The van der Waals surface area contributed by atoms with E-state index in [0.29, 0.717) is 11.4 Å². The molecule has 0 aliphatic rings. The molecule has 6 heteroatoms. The number of nitrogens with one attached hydrogen (secondary N) is 1. The maximum Gasteiger partial charge on any atom is 0.274 e. The predicted octanol–water partition coefficient (Wildman–Crippen LogP) is 3.58. The van der Waals surface area contributed by atoms with Gasteiger partial charge in [0.1, 0.15) is 12.0 Å². The SMILES string of the molecule is O=C(Nc1ccc(-c2ccnn2-c2ccccc2)cc1)c1ccncn1. The number of anilines is 1. The molecule has 1 amide bonds. The smallest absolute Gasteiger partial charge is 0.274 e. The van der Waals surface area contributed by atoms with E-state index in [0.717, 1.165) is 16.9 Å². The molecule has 26 heavy (non-hydrogen) atoms. The largest absolute Gasteiger partial charge is 0.321 e. The minimum atomic E-state index is -0.269. The zero-order chi connectivity index (χ0) is 17.8. The molecular formula is C20H15N5O. The maximum absolute atomic E-state index is 12.2. The van der Waals surface area contributed by atoms with Crippen LogP contribution in [-0.4, -0.2) is 25.7 Å². The first-order chi connectivity index (χ1) is 12.8. The van der Waals surface area contributed by atoms with Gasteiger partial charge in [0.2, 0.25) is 0 Å². The highest BCUT2D eigenvalue weighted by atomic mass is 16.1. The van der Waals surface area contributed by atoms with Crippen LogP contribution in [0, 0.1) is 0 Å². The molecule has 0 aliphatic heterocycles. The second-order valence-electron chi connectivity index (χ2n) is 5.59. The van der Waals surface area contributed by atoms with Gasteiger partial charge in [0, 0.05) is 17.4 Å². The summed E-state index contributed by atoms with van der Waals surface area (Å²) in [6.45, 7) is 0. The Bertz CT molecular complexity index is 1010. The van der Waals surface area contributed by atoms with Gasteiger partial charge in [0.05, 0.1) is 17.6 Å². The van der Waals surface area contributed by atoms with Crippen molar-refractivity contribution in [3.63, 3.8) is 0 Å². The summed E-state index contributed by atoms with van der Waals surface area (Å²) in [7, 11) is 0. The molecule has 6 nitrogen and oxygen atoms in total. The fraction of sp³-hybridized carbons (Fsp3) is 0. The van der Waals surface area contributed by atoms with Gasteiger partial charge in [-0.2, -0.15) is 5.10 Å². The molecule has 0 unspecified atom stereocenters. The minimum Gasteiger partial charge on any atom is -0.321 e. The molecule has 0 saturated carbocycles. The van der Waals surface area contributed by atoms with Gasteiger partial charge in [-0.1, -0.05) is 30.3 Å². The van der Waals surface area contributed by atoms with Crippen molar-refractivity contribution in [2.75, 3.05) is 5.32 Å². The summed E-state index contributed by atoms with van der Waals surface area (Å²) >= 11 is 0. The molecule has 0 bridgehead atoms. The average Bonchev–Trinajstić information content (AvgIpc) is 3.20. The van der Waals surface area contributed by atoms with Crippen molar-refractivity contribution in [2.24, 2.45) is 0 Å². The summed E-state index contributed by atoms with van der Waals surface area (Å²) in [5.41, 5.74) is 4.00. The van der Waals surface area contributed by atoms with E-state index in [2.05, 4.69) is 20.4 Å². The van der Waals surface area contributed by atoms with Crippen LogP contribution in [0.1, 0.15) is 10.5 Å². The van der Waals surface area contributed by atoms with Crippen molar-refractivity contribution in [3.8, 4) is 16.9 Å².